The van der Waals surface area contributed by atoms with Crippen molar-refractivity contribution in [2.75, 3.05) is 0 Å². The summed E-state index contributed by atoms with van der Waals surface area (Å²) in [5.74, 6) is 1.47. The molecule has 9 nitrogen and oxygen atoms in total. The zero-order valence-corrected chi connectivity index (χ0v) is 36.5. The summed E-state index contributed by atoms with van der Waals surface area (Å²) in [6.07, 6.45) is 7.70. The molecule has 0 bridgehead atoms. The molecule has 0 radical (unpaired) electrons. The molecule has 6 aromatic heterocycles. The monoisotopic (exact) mass is 880 g/mol. The number of benzene rings is 7. The lowest BCUT2D eigenvalue weighted by Crippen LogP contribution is -2.32. The predicted molar refractivity (Wildman–Crippen MR) is 270 cm³/mol. The van der Waals surface area contributed by atoms with Crippen LogP contribution in [-0.4, -0.2) is 28.7 Å². The number of pyridine rings is 3. The number of ether oxygens (including phenoxy) is 1. The first-order valence-corrected chi connectivity index (χ1v) is 22.8. The molecule has 0 saturated carbocycles. The first-order chi connectivity index (χ1) is 34.1. The number of para-hydroxylation sites is 4. The topological polar surface area (TPSA) is 110 Å². The average Bonchev–Trinajstić information content (AvgIpc) is 4.12. The Morgan fingerprint density at radius 3 is 1.48 bits per heavy atom. The van der Waals surface area contributed by atoms with E-state index in [4.69, 9.17) is 14.7 Å². The van der Waals surface area contributed by atoms with Gasteiger partial charge in [0.15, 0.2) is 0 Å². The largest absolute Gasteiger partial charge is 0.457 e. The molecule has 1 atom stereocenters. The van der Waals surface area contributed by atoms with Crippen LogP contribution in [0.4, 0.5) is 0 Å². The lowest BCUT2D eigenvalue weighted by molar-refractivity contribution is 0.436. The molecule has 0 saturated heterocycles. The van der Waals surface area contributed by atoms with Gasteiger partial charge in [0.05, 0.1) is 103 Å². The van der Waals surface area contributed by atoms with Crippen LogP contribution >= 0.6 is 0 Å². The first kappa shape index (κ1) is 37.4. The molecule has 0 amide bonds. The molecule has 1 aliphatic carbocycles. The van der Waals surface area contributed by atoms with E-state index in [0.717, 1.165) is 128 Å². The van der Waals surface area contributed by atoms with Gasteiger partial charge in [-0.1, -0.05) is 72.8 Å². The summed E-state index contributed by atoms with van der Waals surface area (Å²) in [6, 6.07) is 63.2. The van der Waals surface area contributed by atoms with Crippen LogP contribution in [0, 0.1) is 22.7 Å². The van der Waals surface area contributed by atoms with E-state index in [9.17, 15) is 10.5 Å². The highest BCUT2D eigenvalue weighted by Gasteiger charge is 2.53. The third kappa shape index (κ3) is 4.87. The molecule has 15 rings (SSSR count). The van der Waals surface area contributed by atoms with Gasteiger partial charge in [-0.25, -0.2) is 0 Å². The minimum atomic E-state index is -0.993. The Bertz CT molecular complexity index is 4470. The zero-order valence-electron chi connectivity index (χ0n) is 36.5. The van der Waals surface area contributed by atoms with E-state index in [0.29, 0.717) is 11.1 Å². The van der Waals surface area contributed by atoms with Gasteiger partial charge in [-0.3, -0.25) is 15.0 Å². The van der Waals surface area contributed by atoms with E-state index in [1.54, 1.807) is 0 Å². The number of nitriles is 2. The average molecular weight is 881 g/mol. The van der Waals surface area contributed by atoms with Crippen molar-refractivity contribution in [3.63, 3.8) is 0 Å². The minimum absolute atomic E-state index is 0.604. The number of hydrogen-bond donors (Lipinski definition) is 0. The van der Waals surface area contributed by atoms with Crippen molar-refractivity contribution < 1.29 is 4.74 Å². The Morgan fingerprint density at radius 2 is 0.870 bits per heavy atom. The predicted octanol–water partition coefficient (Wildman–Crippen LogP) is 13.4. The van der Waals surface area contributed by atoms with Gasteiger partial charge in [-0.15, -0.1) is 0 Å². The molecule has 2 aliphatic rings. The molecule has 0 fully saturated rings. The van der Waals surface area contributed by atoms with Crippen LogP contribution in [0.3, 0.4) is 0 Å². The maximum absolute atomic E-state index is 9.97. The maximum Gasteiger partial charge on any atom is 0.132 e. The molecule has 1 unspecified atom stereocenters. The third-order valence-corrected chi connectivity index (χ3v) is 14.5. The fraction of sp³-hybridized carbons (Fsp3) is 0.0167. The van der Waals surface area contributed by atoms with E-state index in [-0.39, 0.29) is 0 Å². The Balaban J connectivity index is 1.07. The minimum Gasteiger partial charge on any atom is -0.457 e. The van der Waals surface area contributed by atoms with Crippen molar-refractivity contribution in [1.82, 2.24) is 28.7 Å². The van der Waals surface area contributed by atoms with Crippen molar-refractivity contribution >= 4 is 65.4 Å². The van der Waals surface area contributed by atoms with Crippen molar-refractivity contribution in [3.05, 3.63) is 228 Å². The van der Waals surface area contributed by atoms with Crippen molar-refractivity contribution in [2.24, 2.45) is 0 Å². The Hall–Kier alpha value is -9.83. The molecule has 69 heavy (non-hydrogen) atoms. The Kier molecular flexibility index (Phi) is 7.38. The van der Waals surface area contributed by atoms with E-state index in [1.807, 2.05) is 79.4 Å². The van der Waals surface area contributed by atoms with Gasteiger partial charge in [0.2, 0.25) is 0 Å². The van der Waals surface area contributed by atoms with Gasteiger partial charge in [0.1, 0.15) is 11.5 Å². The van der Waals surface area contributed by atoms with Crippen LogP contribution < -0.4 is 4.74 Å². The van der Waals surface area contributed by atoms with Crippen molar-refractivity contribution in [1.29, 1.82) is 10.5 Å². The highest BCUT2D eigenvalue weighted by atomic mass is 16.5. The second-order valence-corrected chi connectivity index (χ2v) is 17.8. The summed E-state index contributed by atoms with van der Waals surface area (Å²) in [5.41, 5.74) is 14.4. The molecule has 9 heteroatoms. The summed E-state index contributed by atoms with van der Waals surface area (Å²) >= 11 is 0. The van der Waals surface area contributed by atoms with Crippen LogP contribution in [0.5, 0.6) is 11.5 Å². The van der Waals surface area contributed by atoms with Gasteiger partial charge >= 0.3 is 0 Å². The second-order valence-electron chi connectivity index (χ2n) is 17.8. The zero-order chi connectivity index (χ0) is 45.5. The lowest BCUT2D eigenvalue weighted by atomic mass is 9.66. The summed E-state index contributed by atoms with van der Waals surface area (Å²) in [6.45, 7) is 0. The molecular weight excluding hydrogens is 849 g/mol. The fourth-order valence-corrected chi connectivity index (χ4v) is 11.7. The highest BCUT2D eigenvalue weighted by molar-refractivity contribution is 6.11. The molecule has 1 spiro atoms. The lowest BCUT2D eigenvalue weighted by Gasteiger charge is -2.39. The summed E-state index contributed by atoms with van der Waals surface area (Å²) < 4.78 is 13.8. The van der Waals surface area contributed by atoms with E-state index < -0.39 is 5.41 Å². The fourth-order valence-electron chi connectivity index (χ4n) is 11.7. The van der Waals surface area contributed by atoms with Gasteiger partial charge in [-0.2, -0.15) is 10.5 Å². The van der Waals surface area contributed by atoms with E-state index in [2.05, 4.69) is 146 Å². The Morgan fingerprint density at radius 1 is 0.391 bits per heavy atom. The highest BCUT2D eigenvalue weighted by Crippen LogP contribution is 2.62. The first-order valence-electron chi connectivity index (χ1n) is 22.8. The van der Waals surface area contributed by atoms with Crippen LogP contribution in [0.25, 0.3) is 93.9 Å². The standard InChI is InChI=1S/C60H32N8O/c61-30-35-17-20-53-44(25-35)41-10-2-6-14-51(41)66(53)37-19-22-57-47(27-37)60(46-12-4-8-16-56(46)69-57)48-28-38(67-52-15-7-3-11-42(52)45-26-36(31-62)18-21-54(45)67)32-64-58(48)59-49(60)29-39(33-65-59)68-50-13-5-1-9-40(50)43-23-24-63-34-55(43)68/h1-29,32-34H. The van der Waals surface area contributed by atoms with Gasteiger partial charge in [-0.05, 0) is 97.1 Å². The van der Waals surface area contributed by atoms with Gasteiger partial charge < -0.3 is 18.4 Å². The molecule has 1 aliphatic heterocycles. The number of fused-ring (bicyclic) bond motifs is 18. The summed E-state index contributed by atoms with van der Waals surface area (Å²) in [5, 5.41) is 26.3. The van der Waals surface area contributed by atoms with Crippen molar-refractivity contribution in [3.8, 4) is 52.1 Å². The van der Waals surface area contributed by atoms with Crippen molar-refractivity contribution in [2.45, 2.75) is 5.41 Å². The third-order valence-electron chi connectivity index (χ3n) is 14.5. The number of rotatable bonds is 3. The molecule has 7 heterocycles. The van der Waals surface area contributed by atoms with Crippen LogP contribution in [0.15, 0.2) is 195 Å². The van der Waals surface area contributed by atoms with E-state index >= 15 is 0 Å². The molecule has 0 N–H and O–H groups in total. The van der Waals surface area contributed by atoms with E-state index in [1.165, 1.54) is 0 Å². The number of hydrogen-bond acceptors (Lipinski definition) is 6. The van der Waals surface area contributed by atoms with Gasteiger partial charge in [0, 0.05) is 66.5 Å². The smallest absolute Gasteiger partial charge is 0.132 e. The number of aromatic nitrogens is 6. The maximum atomic E-state index is 9.97. The molecule has 318 valence electrons. The Labute approximate surface area is 393 Å². The molecule has 7 aromatic carbocycles. The normalized spacial score (nSPS) is 14.5. The summed E-state index contributed by atoms with van der Waals surface area (Å²) in [7, 11) is 0. The second kappa shape index (κ2) is 13.6. The number of nitrogens with zero attached hydrogens (tertiary/aromatic N) is 8. The molecular formula is C60H32N8O. The quantitative estimate of drug-likeness (QED) is 0.175. The molecule has 13 aromatic rings. The van der Waals surface area contributed by atoms with Crippen LogP contribution in [0.2, 0.25) is 0 Å². The van der Waals surface area contributed by atoms with Crippen LogP contribution in [-0.2, 0) is 5.41 Å². The van der Waals surface area contributed by atoms with Gasteiger partial charge in [0.25, 0.3) is 0 Å². The van der Waals surface area contributed by atoms with Crippen LogP contribution in [0.1, 0.15) is 33.4 Å². The SMILES string of the molecule is N#Cc1ccc2c(c1)c1ccccc1n2-c1ccc2c(c1)C1(c3ccccc3O2)c2cc(-n3c4ccccc4c4cc(C#N)ccc43)cnc2-c2ncc(-n3c4ccccc4c4ccncc43)cc21. The summed E-state index contributed by atoms with van der Waals surface area (Å²) in [4.78, 5) is 15.5.